The molecule has 0 aromatic rings. The van der Waals surface area contributed by atoms with Crippen molar-refractivity contribution >= 4 is 6.29 Å². The van der Waals surface area contributed by atoms with E-state index in [1.165, 1.54) is 82.6 Å². The zero-order valence-electron chi connectivity index (χ0n) is 14.9. The molecule has 1 nitrogen and oxygen atoms in total. The molecule has 0 aromatic carbocycles. The molecule has 0 radical (unpaired) electrons. The Labute approximate surface area is 133 Å². The Bertz CT molecular complexity index is 265. The summed E-state index contributed by atoms with van der Waals surface area (Å²) in [6, 6.07) is 0. The first-order chi connectivity index (χ1) is 9.98. The van der Waals surface area contributed by atoms with Crippen LogP contribution in [0.2, 0.25) is 0 Å². The van der Waals surface area contributed by atoms with Gasteiger partial charge in [-0.15, -0.1) is 6.58 Å². The van der Waals surface area contributed by atoms with E-state index in [1.54, 1.807) is 0 Å². The average molecular weight is 295 g/mol. The highest BCUT2D eigenvalue weighted by Crippen LogP contribution is 2.21. The molecule has 0 aliphatic rings. The van der Waals surface area contributed by atoms with Gasteiger partial charge in [0.15, 0.2) is 0 Å². The van der Waals surface area contributed by atoms with Crippen LogP contribution in [-0.2, 0) is 4.79 Å². The van der Waals surface area contributed by atoms with Gasteiger partial charge in [-0.2, -0.15) is 0 Å². The second-order valence-electron chi connectivity index (χ2n) is 7.45. The molecule has 0 fully saturated rings. The van der Waals surface area contributed by atoms with Crippen LogP contribution in [0, 0.1) is 5.41 Å². The summed E-state index contributed by atoms with van der Waals surface area (Å²) in [6.07, 6.45) is 18.3. The third-order valence-corrected chi connectivity index (χ3v) is 4.24. The average Bonchev–Trinajstić information content (AvgIpc) is 2.43. The van der Waals surface area contributed by atoms with Gasteiger partial charge in [-0.3, -0.25) is 0 Å². The fraction of sp³-hybridized carbons (Fsp3) is 0.850. The lowest BCUT2D eigenvalue weighted by Crippen LogP contribution is -2.12. The third-order valence-electron chi connectivity index (χ3n) is 4.24. The fourth-order valence-corrected chi connectivity index (χ4v) is 2.66. The molecule has 0 rings (SSSR count). The molecule has 0 saturated carbocycles. The predicted octanol–water partition coefficient (Wildman–Crippen LogP) is 6.86. The van der Waals surface area contributed by atoms with Gasteiger partial charge in [-0.1, -0.05) is 83.6 Å². The van der Waals surface area contributed by atoms with Crippen LogP contribution < -0.4 is 0 Å². The fourth-order valence-electron chi connectivity index (χ4n) is 2.66. The van der Waals surface area contributed by atoms with Crippen molar-refractivity contribution in [1.29, 1.82) is 0 Å². The maximum Gasteiger partial charge on any atom is 0.125 e. The molecular weight excluding hydrogens is 256 g/mol. The molecule has 0 aliphatic heterocycles. The molecule has 21 heavy (non-hydrogen) atoms. The first kappa shape index (κ1) is 20.4. The zero-order valence-corrected chi connectivity index (χ0v) is 14.9. The Kier molecular flexibility index (Phi) is 12.7. The van der Waals surface area contributed by atoms with Crippen LogP contribution in [0.1, 0.15) is 104 Å². The third kappa shape index (κ3) is 15.6. The van der Waals surface area contributed by atoms with Crippen LogP contribution >= 0.6 is 0 Å². The van der Waals surface area contributed by atoms with Crippen molar-refractivity contribution in [3.05, 3.63) is 12.2 Å². The van der Waals surface area contributed by atoms with E-state index < -0.39 is 0 Å². The summed E-state index contributed by atoms with van der Waals surface area (Å²) in [5.74, 6) is 0. The molecule has 0 N–H and O–H groups in total. The molecule has 1 heteroatoms. The van der Waals surface area contributed by atoms with Crippen molar-refractivity contribution in [3.63, 3.8) is 0 Å². The van der Waals surface area contributed by atoms with Gasteiger partial charge in [0.1, 0.15) is 6.29 Å². The monoisotopic (exact) mass is 294 g/mol. The first-order valence-corrected chi connectivity index (χ1v) is 9.09. The number of rotatable bonds is 15. The molecule has 0 bridgehead atoms. The Morgan fingerprint density at radius 3 is 1.57 bits per heavy atom. The predicted molar refractivity (Wildman–Crippen MR) is 94.7 cm³/mol. The number of allylic oxidation sites excluding steroid dienone is 1. The van der Waals surface area contributed by atoms with Crippen molar-refractivity contribution in [1.82, 2.24) is 0 Å². The van der Waals surface area contributed by atoms with E-state index in [0.29, 0.717) is 0 Å². The number of carbonyl (C=O) groups excluding carboxylic acids is 1. The molecule has 0 atom stereocenters. The van der Waals surface area contributed by atoms with Crippen LogP contribution in [-0.4, -0.2) is 6.29 Å². The van der Waals surface area contributed by atoms with Gasteiger partial charge in [-0.05, 0) is 26.2 Å². The van der Waals surface area contributed by atoms with E-state index in [-0.39, 0.29) is 5.41 Å². The molecule has 0 aliphatic carbocycles. The highest BCUT2D eigenvalue weighted by atomic mass is 16.1. The van der Waals surface area contributed by atoms with E-state index in [9.17, 15) is 4.79 Å². The molecule has 124 valence electrons. The molecule has 0 heterocycles. The second kappa shape index (κ2) is 13.1. The quantitative estimate of drug-likeness (QED) is 0.183. The standard InChI is InChI=1S/C20H38O/c1-19(2)16-14-12-10-8-6-5-7-9-11-13-15-17-20(3,4)18-21/h18H,1,5-17H2,2-4H3. The van der Waals surface area contributed by atoms with Gasteiger partial charge in [0.2, 0.25) is 0 Å². The summed E-state index contributed by atoms with van der Waals surface area (Å²) in [6.45, 7) is 10.1. The van der Waals surface area contributed by atoms with Gasteiger partial charge >= 0.3 is 0 Å². The second-order valence-corrected chi connectivity index (χ2v) is 7.45. The summed E-state index contributed by atoms with van der Waals surface area (Å²) < 4.78 is 0. The van der Waals surface area contributed by atoms with Gasteiger partial charge in [0.05, 0.1) is 0 Å². The summed E-state index contributed by atoms with van der Waals surface area (Å²) in [5.41, 5.74) is 1.22. The Morgan fingerprint density at radius 1 is 0.810 bits per heavy atom. The Balaban J connectivity index is 3.12. The lowest BCUT2D eigenvalue weighted by atomic mass is 9.88. The minimum Gasteiger partial charge on any atom is -0.303 e. The normalized spacial score (nSPS) is 11.6. The van der Waals surface area contributed by atoms with Gasteiger partial charge < -0.3 is 4.79 Å². The van der Waals surface area contributed by atoms with Crippen molar-refractivity contribution < 1.29 is 4.79 Å². The highest BCUT2D eigenvalue weighted by Gasteiger charge is 2.14. The van der Waals surface area contributed by atoms with Crippen molar-refractivity contribution in [3.8, 4) is 0 Å². The number of unbranched alkanes of at least 4 members (excludes halogenated alkanes) is 10. The Morgan fingerprint density at radius 2 is 1.19 bits per heavy atom. The summed E-state index contributed by atoms with van der Waals surface area (Å²) >= 11 is 0. The van der Waals surface area contributed by atoms with E-state index >= 15 is 0 Å². The molecule has 0 saturated heterocycles. The van der Waals surface area contributed by atoms with Crippen LogP contribution in [0.25, 0.3) is 0 Å². The minimum atomic E-state index is -0.107. The maximum atomic E-state index is 10.8. The van der Waals surface area contributed by atoms with Crippen molar-refractivity contribution in [2.75, 3.05) is 0 Å². The summed E-state index contributed by atoms with van der Waals surface area (Å²) in [5, 5.41) is 0. The largest absolute Gasteiger partial charge is 0.303 e. The Hall–Kier alpha value is -0.590. The molecule has 0 unspecified atom stereocenters. The minimum absolute atomic E-state index is 0.107. The smallest absolute Gasteiger partial charge is 0.125 e. The van der Waals surface area contributed by atoms with Crippen LogP contribution in [0.4, 0.5) is 0 Å². The molecule has 0 amide bonds. The highest BCUT2D eigenvalue weighted by molar-refractivity contribution is 5.57. The maximum absolute atomic E-state index is 10.8. The van der Waals surface area contributed by atoms with Crippen LogP contribution in [0.3, 0.4) is 0 Å². The summed E-state index contributed by atoms with van der Waals surface area (Å²) in [7, 11) is 0. The number of carbonyl (C=O) groups is 1. The molecule has 0 aromatic heterocycles. The van der Waals surface area contributed by atoms with Crippen LogP contribution in [0.5, 0.6) is 0 Å². The lowest BCUT2D eigenvalue weighted by Gasteiger charge is -2.15. The van der Waals surface area contributed by atoms with E-state index in [1.807, 2.05) is 13.8 Å². The number of hydrogen-bond acceptors (Lipinski definition) is 1. The van der Waals surface area contributed by atoms with Gasteiger partial charge in [0.25, 0.3) is 0 Å². The van der Waals surface area contributed by atoms with Crippen molar-refractivity contribution in [2.45, 2.75) is 104 Å². The topological polar surface area (TPSA) is 17.1 Å². The lowest BCUT2D eigenvalue weighted by molar-refractivity contribution is -0.115. The van der Waals surface area contributed by atoms with E-state index in [4.69, 9.17) is 0 Å². The SMILES string of the molecule is C=C(C)CCCCCCCCCCCCCC(C)(C)C=O. The first-order valence-electron chi connectivity index (χ1n) is 9.09. The molecular formula is C20H38O. The van der Waals surface area contributed by atoms with Crippen molar-refractivity contribution in [2.24, 2.45) is 5.41 Å². The summed E-state index contributed by atoms with van der Waals surface area (Å²) in [4.78, 5) is 10.8. The van der Waals surface area contributed by atoms with Crippen LogP contribution in [0.15, 0.2) is 12.2 Å². The van der Waals surface area contributed by atoms with E-state index in [2.05, 4.69) is 13.5 Å². The zero-order chi connectivity index (χ0) is 16.0. The van der Waals surface area contributed by atoms with E-state index in [0.717, 1.165) is 12.7 Å². The number of aldehydes is 1. The molecule has 0 spiro atoms. The van der Waals surface area contributed by atoms with Gasteiger partial charge in [-0.25, -0.2) is 0 Å². The number of hydrogen-bond donors (Lipinski definition) is 0. The van der Waals surface area contributed by atoms with Gasteiger partial charge in [0, 0.05) is 5.41 Å².